The summed E-state index contributed by atoms with van der Waals surface area (Å²) in [6.45, 7) is 6.32. The minimum absolute atomic E-state index is 0. The minimum Gasteiger partial charge on any atom is -0.381 e. The summed E-state index contributed by atoms with van der Waals surface area (Å²) in [5.74, 6) is 0.0636. The van der Waals surface area contributed by atoms with Crippen molar-refractivity contribution >= 4 is 28.3 Å². The van der Waals surface area contributed by atoms with Gasteiger partial charge < -0.3 is 15.4 Å². The first-order valence-electron chi connectivity index (χ1n) is 9.50. The fourth-order valence-corrected chi connectivity index (χ4v) is 5.49. The number of rotatable bonds is 4. The summed E-state index contributed by atoms with van der Waals surface area (Å²) in [5, 5.41) is 0. The van der Waals surface area contributed by atoms with Gasteiger partial charge in [0.1, 0.15) is 0 Å². The molecule has 7 nitrogen and oxygen atoms in total. The number of carbonyl (C=O) groups excluding carboxylic acids is 1. The summed E-state index contributed by atoms with van der Waals surface area (Å²) in [5.41, 5.74) is 7.84. The summed E-state index contributed by atoms with van der Waals surface area (Å²) in [4.78, 5) is 14.8. The molecule has 2 fully saturated rings. The number of aryl methyl sites for hydroxylation is 2. The van der Waals surface area contributed by atoms with Crippen molar-refractivity contribution in [2.24, 2.45) is 11.7 Å². The average molecular weight is 432 g/mol. The molecule has 2 heterocycles. The maximum atomic E-state index is 13.0. The molecule has 1 amide bonds. The molecule has 2 N–H and O–H groups in total. The van der Waals surface area contributed by atoms with Crippen molar-refractivity contribution in [2.75, 3.05) is 39.4 Å². The number of halogens is 1. The van der Waals surface area contributed by atoms with Crippen LogP contribution in [0.5, 0.6) is 0 Å². The molecule has 2 aliphatic heterocycles. The zero-order chi connectivity index (χ0) is 19.6. The molecule has 1 atom stereocenters. The normalized spacial score (nSPS) is 20.5. The summed E-state index contributed by atoms with van der Waals surface area (Å²) >= 11 is 0. The highest BCUT2D eigenvalue weighted by Crippen LogP contribution is 2.23. The highest BCUT2D eigenvalue weighted by atomic mass is 35.5. The number of amides is 1. The Hall–Kier alpha value is -1.19. The van der Waals surface area contributed by atoms with E-state index in [-0.39, 0.29) is 24.2 Å². The molecule has 0 spiro atoms. The molecule has 0 saturated carbocycles. The first kappa shape index (κ1) is 23.1. The van der Waals surface area contributed by atoms with Gasteiger partial charge in [0.05, 0.1) is 10.9 Å². The summed E-state index contributed by atoms with van der Waals surface area (Å²) in [7, 11) is -3.56. The predicted octanol–water partition coefficient (Wildman–Crippen LogP) is 1.31. The van der Waals surface area contributed by atoms with Gasteiger partial charge in [-0.1, -0.05) is 12.1 Å². The molecule has 0 bridgehead atoms. The zero-order valence-electron chi connectivity index (χ0n) is 16.5. The molecule has 1 aromatic carbocycles. The van der Waals surface area contributed by atoms with Crippen LogP contribution in [0.3, 0.4) is 0 Å². The van der Waals surface area contributed by atoms with E-state index in [0.29, 0.717) is 44.3 Å². The largest absolute Gasteiger partial charge is 0.381 e. The van der Waals surface area contributed by atoms with Gasteiger partial charge >= 0.3 is 0 Å². The molecule has 1 unspecified atom stereocenters. The number of piperazine rings is 1. The van der Waals surface area contributed by atoms with E-state index in [2.05, 4.69) is 0 Å². The van der Waals surface area contributed by atoms with E-state index in [1.807, 2.05) is 19.1 Å². The second-order valence-electron chi connectivity index (χ2n) is 7.47. The van der Waals surface area contributed by atoms with Gasteiger partial charge in [0.25, 0.3) is 0 Å². The van der Waals surface area contributed by atoms with Crippen LogP contribution in [0.25, 0.3) is 0 Å². The van der Waals surface area contributed by atoms with E-state index < -0.39 is 16.1 Å². The Labute approximate surface area is 173 Å². The Morgan fingerprint density at radius 1 is 1.14 bits per heavy atom. The van der Waals surface area contributed by atoms with Crippen LogP contribution in [0.2, 0.25) is 0 Å². The Kier molecular flexibility index (Phi) is 7.87. The smallest absolute Gasteiger partial charge is 0.243 e. The second-order valence-corrected chi connectivity index (χ2v) is 9.38. The Balaban J connectivity index is 0.00000280. The number of ether oxygens (including phenoxy) is 1. The van der Waals surface area contributed by atoms with Crippen LogP contribution in [0.15, 0.2) is 23.1 Å². The molecule has 2 aliphatic rings. The molecular weight excluding hydrogens is 402 g/mol. The lowest BCUT2D eigenvalue weighted by molar-refractivity contribution is -0.135. The van der Waals surface area contributed by atoms with Gasteiger partial charge in [-0.05, 0) is 49.8 Å². The van der Waals surface area contributed by atoms with Crippen molar-refractivity contribution in [3.8, 4) is 0 Å². The third-order valence-electron chi connectivity index (χ3n) is 5.57. The Morgan fingerprint density at radius 2 is 1.75 bits per heavy atom. The van der Waals surface area contributed by atoms with Crippen LogP contribution < -0.4 is 5.73 Å². The summed E-state index contributed by atoms with van der Waals surface area (Å²) < 4.78 is 32.8. The van der Waals surface area contributed by atoms with Gasteiger partial charge in [-0.2, -0.15) is 4.31 Å². The Morgan fingerprint density at radius 3 is 2.36 bits per heavy atom. The molecule has 158 valence electrons. The fourth-order valence-electron chi connectivity index (χ4n) is 3.76. The standard InChI is InChI=1S/C19H29N3O4S.ClH/c1-14-3-4-15(2)17(13-14)27(24,25)22-9-7-21(8-10-22)19(23)18(20)16-5-11-26-12-6-16;/h3-4,13,16,18H,5-12,20H2,1-2H3;1H. The third kappa shape index (κ3) is 4.86. The van der Waals surface area contributed by atoms with E-state index in [4.69, 9.17) is 10.5 Å². The fraction of sp³-hybridized carbons (Fsp3) is 0.632. The van der Waals surface area contributed by atoms with Crippen LogP contribution in [-0.4, -0.2) is 69.0 Å². The zero-order valence-corrected chi connectivity index (χ0v) is 18.1. The van der Waals surface area contributed by atoms with Crippen LogP contribution in [0.4, 0.5) is 0 Å². The van der Waals surface area contributed by atoms with E-state index in [1.54, 1.807) is 17.9 Å². The van der Waals surface area contributed by atoms with Gasteiger partial charge in [-0.3, -0.25) is 4.79 Å². The van der Waals surface area contributed by atoms with Gasteiger partial charge in [0, 0.05) is 39.4 Å². The lowest BCUT2D eigenvalue weighted by atomic mass is 9.91. The van der Waals surface area contributed by atoms with E-state index in [9.17, 15) is 13.2 Å². The number of nitrogens with two attached hydrogens (primary N) is 1. The van der Waals surface area contributed by atoms with Gasteiger partial charge in [-0.15, -0.1) is 12.4 Å². The van der Waals surface area contributed by atoms with Crippen molar-refractivity contribution < 1.29 is 17.9 Å². The lowest BCUT2D eigenvalue weighted by Crippen LogP contribution is -2.56. The number of nitrogens with zero attached hydrogens (tertiary/aromatic N) is 2. The molecule has 9 heteroatoms. The maximum absolute atomic E-state index is 13.0. The number of hydrogen-bond donors (Lipinski definition) is 1. The van der Waals surface area contributed by atoms with Crippen molar-refractivity contribution in [2.45, 2.75) is 37.6 Å². The molecule has 1 aromatic rings. The Bertz CT molecular complexity index is 788. The van der Waals surface area contributed by atoms with E-state index in [0.717, 1.165) is 24.0 Å². The molecule has 3 rings (SSSR count). The van der Waals surface area contributed by atoms with E-state index in [1.165, 1.54) is 4.31 Å². The van der Waals surface area contributed by atoms with Crippen LogP contribution in [0.1, 0.15) is 24.0 Å². The highest BCUT2D eigenvalue weighted by molar-refractivity contribution is 7.89. The van der Waals surface area contributed by atoms with Crippen molar-refractivity contribution in [1.29, 1.82) is 0 Å². The van der Waals surface area contributed by atoms with Crippen molar-refractivity contribution in [3.05, 3.63) is 29.3 Å². The van der Waals surface area contributed by atoms with E-state index >= 15 is 0 Å². The molecule has 0 radical (unpaired) electrons. The van der Waals surface area contributed by atoms with Crippen LogP contribution >= 0.6 is 12.4 Å². The van der Waals surface area contributed by atoms with Crippen molar-refractivity contribution in [3.63, 3.8) is 0 Å². The first-order chi connectivity index (χ1) is 12.8. The first-order valence-corrected chi connectivity index (χ1v) is 10.9. The number of hydrogen-bond acceptors (Lipinski definition) is 5. The predicted molar refractivity (Wildman–Crippen MR) is 110 cm³/mol. The molecule has 0 aromatic heterocycles. The monoisotopic (exact) mass is 431 g/mol. The van der Waals surface area contributed by atoms with Gasteiger partial charge in [0.15, 0.2) is 0 Å². The lowest BCUT2D eigenvalue weighted by Gasteiger charge is -2.37. The molecule has 2 saturated heterocycles. The van der Waals surface area contributed by atoms with Crippen LogP contribution in [-0.2, 0) is 19.6 Å². The number of sulfonamides is 1. The van der Waals surface area contributed by atoms with Gasteiger partial charge in [0.2, 0.25) is 15.9 Å². The van der Waals surface area contributed by atoms with Gasteiger partial charge in [-0.25, -0.2) is 8.42 Å². The summed E-state index contributed by atoms with van der Waals surface area (Å²) in [6, 6.07) is 4.91. The highest BCUT2D eigenvalue weighted by Gasteiger charge is 2.34. The topological polar surface area (TPSA) is 92.9 Å². The van der Waals surface area contributed by atoms with Crippen LogP contribution in [0, 0.1) is 19.8 Å². The SMILES string of the molecule is Cc1ccc(C)c(S(=O)(=O)N2CCN(C(=O)C(N)C3CCOCC3)CC2)c1.Cl. The number of benzene rings is 1. The molecular formula is C19H30ClN3O4S. The molecule has 28 heavy (non-hydrogen) atoms. The van der Waals surface area contributed by atoms with Crippen molar-refractivity contribution in [1.82, 2.24) is 9.21 Å². The third-order valence-corrected chi connectivity index (χ3v) is 7.61. The maximum Gasteiger partial charge on any atom is 0.243 e. The quantitative estimate of drug-likeness (QED) is 0.775. The minimum atomic E-state index is -3.56. The molecule has 0 aliphatic carbocycles. The average Bonchev–Trinajstić information content (AvgIpc) is 2.69. The second kappa shape index (κ2) is 9.54. The number of carbonyl (C=O) groups is 1. The summed E-state index contributed by atoms with van der Waals surface area (Å²) in [6.07, 6.45) is 1.60.